The van der Waals surface area contributed by atoms with Crippen molar-refractivity contribution in [1.29, 1.82) is 0 Å². The van der Waals surface area contributed by atoms with Crippen molar-refractivity contribution in [2.45, 2.75) is 83.1 Å². The van der Waals surface area contributed by atoms with Gasteiger partial charge in [0, 0.05) is 24.9 Å². The maximum Gasteiger partial charge on any atom is 0.286 e. The van der Waals surface area contributed by atoms with Crippen LogP contribution in [-0.4, -0.2) is 63.1 Å². The summed E-state index contributed by atoms with van der Waals surface area (Å²) in [5, 5.41) is 8.55. The van der Waals surface area contributed by atoms with Gasteiger partial charge in [-0.2, -0.15) is 0 Å². The molecule has 1 saturated carbocycles. The van der Waals surface area contributed by atoms with Crippen molar-refractivity contribution in [2.75, 3.05) is 18.8 Å². The average molecular weight is 487 g/mol. The summed E-state index contributed by atoms with van der Waals surface area (Å²) < 4.78 is 5.75. The van der Waals surface area contributed by atoms with E-state index in [-0.39, 0.29) is 23.6 Å². The van der Waals surface area contributed by atoms with Crippen LogP contribution in [0.15, 0.2) is 40.0 Å². The summed E-state index contributed by atoms with van der Waals surface area (Å²) in [6.45, 7) is 8.99. The molecule has 1 atom stereocenters. The van der Waals surface area contributed by atoms with Gasteiger partial charge in [-0.1, -0.05) is 82.1 Å². The highest BCUT2D eigenvalue weighted by molar-refractivity contribution is 7.99. The highest BCUT2D eigenvalue weighted by Gasteiger charge is 2.35. The number of hydrogen-bond donors (Lipinski definition) is 0. The van der Waals surface area contributed by atoms with Crippen LogP contribution in [-0.2, 0) is 11.3 Å². The predicted molar refractivity (Wildman–Crippen MR) is 135 cm³/mol. The summed E-state index contributed by atoms with van der Waals surface area (Å²) in [5.74, 6) is 0.813. The lowest BCUT2D eigenvalue weighted by atomic mass is 9.91. The molecule has 0 N–H and O–H groups in total. The van der Waals surface area contributed by atoms with E-state index in [9.17, 15) is 9.59 Å². The highest BCUT2D eigenvalue weighted by Crippen LogP contribution is 2.27. The number of nitrogens with zero attached hydrogens (tertiary/aromatic N) is 4. The predicted octanol–water partition coefficient (Wildman–Crippen LogP) is 5.07. The van der Waals surface area contributed by atoms with Crippen molar-refractivity contribution in [1.82, 2.24) is 20.0 Å². The number of aromatic nitrogens is 2. The van der Waals surface area contributed by atoms with Crippen molar-refractivity contribution in [2.24, 2.45) is 5.92 Å². The van der Waals surface area contributed by atoms with Gasteiger partial charge < -0.3 is 9.32 Å². The minimum Gasteiger partial charge on any atom is -0.408 e. The molecule has 0 aliphatic heterocycles. The van der Waals surface area contributed by atoms with E-state index >= 15 is 0 Å². The van der Waals surface area contributed by atoms with Crippen LogP contribution in [0.5, 0.6) is 0 Å². The van der Waals surface area contributed by atoms with Crippen LogP contribution < -0.4 is 0 Å². The topological polar surface area (TPSA) is 79.5 Å². The third-order valence-corrected chi connectivity index (χ3v) is 7.22. The van der Waals surface area contributed by atoms with Crippen molar-refractivity contribution in [3.05, 3.63) is 41.8 Å². The van der Waals surface area contributed by atoms with E-state index in [1.807, 2.05) is 6.07 Å². The molecule has 0 spiro atoms. The number of amides is 1. The summed E-state index contributed by atoms with van der Waals surface area (Å²) in [4.78, 5) is 29.5. The minimum atomic E-state index is -0.555. The Bertz CT molecular complexity index is 883. The zero-order valence-electron chi connectivity index (χ0n) is 20.7. The first-order valence-electron chi connectivity index (χ1n) is 12.5. The number of benzene rings is 1. The van der Waals surface area contributed by atoms with Gasteiger partial charge in [0.05, 0.1) is 0 Å². The van der Waals surface area contributed by atoms with Crippen molar-refractivity contribution >= 4 is 24.0 Å². The Morgan fingerprint density at radius 1 is 1.18 bits per heavy atom. The summed E-state index contributed by atoms with van der Waals surface area (Å²) in [6, 6.07) is 9.97. The van der Waals surface area contributed by atoms with Gasteiger partial charge in [-0.3, -0.25) is 14.5 Å². The molecule has 7 nitrogen and oxygen atoms in total. The summed E-state index contributed by atoms with van der Waals surface area (Å²) in [5.41, 5.74) is 1.29. The first-order chi connectivity index (χ1) is 16.5. The Labute approximate surface area is 207 Å². The molecule has 1 aromatic heterocycles. The van der Waals surface area contributed by atoms with Crippen LogP contribution >= 0.6 is 11.8 Å². The lowest BCUT2D eigenvalue weighted by Gasteiger charge is -2.36. The average Bonchev–Trinajstić information content (AvgIpc) is 3.33. The largest absolute Gasteiger partial charge is 0.408 e. The van der Waals surface area contributed by atoms with Crippen molar-refractivity contribution in [3.8, 4) is 0 Å². The molecule has 1 aromatic carbocycles. The minimum absolute atomic E-state index is 0.00689. The van der Waals surface area contributed by atoms with Gasteiger partial charge in [0.25, 0.3) is 11.1 Å². The smallest absolute Gasteiger partial charge is 0.286 e. The fraction of sp³-hybridized carbons (Fsp3) is 0.615. The molecule has 2 aromatic rings. The van der Waals surface area contributed by atoms with E-state index in [0.29, 0.717) is 11.6 Å². The normalized spacial score (nSPS) is 15.6. The van der Waals surface area contributed by atoms with E-state index in [1.165, 1.54) is 23.7 Å². The molecule has 1 fully saturated rings. The molecular formula is C26H38N4O3S. The summed E-state index contributed by atoms with van der Waals surface area (Å²) in [6.07, 6.45) is 6.71. The van der Waals surface area contributed by atoms with Crippen molar-refractivity contribution in [3.63, 3.8) is 0 Å². The molecular weight excluding hydrogens is 448 g/mol. The van der Waals surface area contributed by atoms with Gasteiger partial charge in [-0.15, -0.1) is 10.2 Å². The molecule has 34 heavy (non-hydrogen) atoms. The molecule has 1 unspecified atom stereocenters. The Morgan fingerprint density at radius 3 is 2.56 bits per heavy atom. The first kappa shape index (κ1) is 26.4. The Hall–Kier alpha value is -2.19. The lowest BCUT2D eigenvalue weighted by molar-refractivity contribution is -0.122. The summed E-state index contributed by atoms with van der Waals surface area (Å²) >= 11 is 1.46. The molecule has 186 valence electrons. The number of carbonyl (C=O) groups excluding carboxylic acids is 2. The molecule has 1 amide bonds. The van der Waals surface area contributed by atoms with E-state index in [4.69, 9.17) is 4.42 Å². The number of rotatable bonds is 14. The van der Waals surface area contributed by atoms with Crippen LogP contribution in [0.1, 0.15) is 75.5 Å². The van der Waals surface area contributed by atoms with Crippen molar-refractivity contribution < 1.29 is 14.0 Å². The number of hydrogen-bond acceptors (Lipinski definition) is 7. The zero-order valence-corrected chi connectivity index (χ0v) is 21.5. The zero-order chi connectivity index (χ0) is 24.3. The van der Waals surface area contributed by atoms with Crippen LogP contribution in [0.3, 0.4) is 0 Å². The molecule has 0 saturated heterocycles. The Kier molecular flexibility index (Phi) is 10.6. The number of carbonyl (C=O) groups is 2. The second-order valence-corrected chi connectivity index (χ2v) is 10.5. The van der Waals surface area contributed by atoms with Crippen LogP contribution in [0.2, 0.25) is 0 Å². The molecule has 3 rings (SSSR count). The Balaban J connectivity index is 1.59. The highest BCUT2D eigenvalue weighted by atomic mass is 32.2. The van der Waals surface area contributed by atoms with Crippen LogP contribution in [0, 0.1) is 5.92 Å². The fourth-order valence-corrected chi connectivity index (χ4v) is 5.33. The van der Waals surface area contributed by atoms with Gasteiger partial charge in [-0.05, 0) is 37.3 Å². The molecule has 0 bridgehead atoms. The first-order valence-corrected chi connectivity index (χ1v) is 13.5. The lowest BCUT2D eigenvalue weighted by Crippen LogP contribution is -2.48. The standard InChI is InChI=1S/C26H38N4O3S/c1-4-29(18-21-11-7-5-8-12-21)15-16-34-26-28-27-25(33-26)24(32)23(17-20(2)3)30(19-31)22-13-9-6-10-14-22/h5,7-8,11-12,19-20,22-23H,4,6,9-10,13-18H2,1-3H3. The monoisotopic (exact) mass is 486 g/mol. The third-order valence-electron chi connectivity index (χ3n) is 6.42. The number of ketones is 1. The second-order valence-electron chi connectivity index (χ2n) is 9.43. The SMILES string of the molecule is CCN(CCSc1nnc(C(=O)C(CC(C)C)N(C=O)C2CCCCC2)o1)Cc1ccccc1. The van der Waals surface area contributed by atoms with Gasteiger partial charge in [0.2, 0.25) is 12.2 Å². The van der Waals surface area contributed by atoms with Crippen LogP contribution in [0.25, 0.3) is 0 Å². The van der Waals surface area contributed by atoms with E-state index in [2.05, 4.69) is 60.1 Å². The van der Waals surface area contributed by atoms with Gasteiger partial charge in [0.15, 0.2) is 0 Å². The van der Waals surface area contributed by atoms with E-state index < -0.39 is 6.04 Å². The maximum absolute atomic E-state index is 13.4. The van der Waals surface area contributed by atoms with E-state index in [1.54, 1.807) is 4.90 Å². The van der Waals surface area contributed by atoms with Crippen LogP contribution in [0.4, 0.5) is 0 Å². The quantitative estimate of drug-likeness (QED) is 0.209. The second kappa shape index (κ2) is 13.6. The van der Waals surface area contributed by atoms with Gasteiger partial charge in [0.1, 0.15) is 6.04 Å². The Morgan fingerprint density at radius 2 is 1.91 bits per heavy atom. The maximum atomic E-state index is 13.4. The molecule has 8 heteroatoms. The number of Topliss-reactive ketones (excluding diaryl/α,β-unsaturated/α-hetero) is 1. The molecule has 1 heterocycles. The van der Waals surface area contributed by atoms with Gasteiger partial charge >= 0.3 is 0 Å². The molecule has 0 radical (unpaired) electrons. The molecule has 1 aliphatic rings. The number of thioether (sulfide) groups is 1. The van der Waals surface area contributed by atoms with Gasteiger partial charge in [-0.25, -0.2) is 0 Å². The summed E-state index contributed by atoms with van der Waals surface area (Å²) in [7, 11) is 0. The molecule has 1 aliphatic carbocycles. The van der Waals surface area contributed by atoms with E-state index in [0.717, 1.165) is 57.5 Å². The fourth-order valence-electron chi connectivity index (χ4n) is 4.57. The third kappa shape index (κ3) is 7.67.